The number of aromatic amines is 1. The number of carbonyl (C=O) groups is 2. The average molecular weight is 254 g/mol. The topological polar surface area (TPSA) is 113 Å². The molecule has 0 spiro atoms. The molecule has 100 valence electrons. The predicted octanol–water partition coefficient (Wildman–Crippen LogP) is -0.632. The monoisotopic (exact) mass is 254 g/mol. The van der Waals surface area contributed by atoms with Crippen molar-refractivity contribution in [3.8, 4) is 0 Å². The highest BCUT2D eigenvalue weighted by molar-refractivity contribution is 5.82. The van der Waals surface area contributed by atoms with Crippen molar-refractivity contribution in [1.29, 1.82) is 0 Å². The Kier molecular flexibility index (Phi) is 4.75. The molecule has 18 heavy (non-hydrogen) atoms. The van der Waals surface area contributed by atoms with E-state index in [0.29, 0.717) is 12.4 Å². The summed E-state index contributed by atoms with van der Waals surface area (Å²) in [6.07, 6.45) is 0.222. The van der Waals surface area contributed by atoms with Crippen LogP contribution in [0.25, 0.3) is 0 Å². The number of tetrazole rings is 1. The third-order valence-corrected chi connectivity index (χ3v) is 2.15. The Morgan fingerprint density at radius 2 is 2.00 bits per heavy atom. The first-order valence-corrected chi connectivity index (χ1v) is 5.67. The lowest BCUT2D eigenvalue weighted by Gasteiger charge is -2.17. The van der Waals surface area contributed by atoms with Gasteiger partial charge >= 0.3 is 0 Å². The number of H-pyrrole nitrogens is 1. The number of hydrogen-bond donors (Lipinski definition) is 3. The highest BCUT2D eigenvalue weighted by Crippen LogP contribution is 2.11. The number of amides is 2. The molecule has 1 aromatic heterocycles. The van der Waals surface area contributed by atoms with Crippen molar-refractivity contribution in [2.24, 2.45) is 5.41 Å². The zero-order valence-electron chi connectivity index (χ0n) is 10.8. The molecular weight excluding hydrogens is 236 g/mol. The average Bonchev–Trinajstić information content (AvgIpc) is 2.77. The Balaban J connectivity index is 2.16. The summed E-state index contributed by atoms with van der Waals surface area (Å²) in [6, 6.07) is 0. The van der Waals surface area contributed by atoms with Crippen LogP contribution in [0.3, 0.4) is 0 Å². The van der Waals surface area contributed by atoms with Crippen LogP contribution in [0.5, 0.6) is 0 Å². The fraction of sp³-hybridized carbons (Fsp3) is 0.700. The lowest BCUT2D eigenvalue weighted by molar-refractivity contribution is -0.128. The van der Waals surface area contributed by atoms with Crippen LogP contribution in [0.1, 0.15) is 33.0 Å². The van der Waals surface area contributed by atoms with E-state index in [1.165, 1.54) is 0 Å². The second kappa shape index (κ2) is 6.08. The molecule has 3 N–H and O–H groups in total. The third-order valence-electron chi connectivity index (χ3n) is 2.15. The Hall–Kier alpha value is -1.99. The van der Waals surface area contributed by atoms with Gasteiger partial charge in [-0.05, 0) is 0 Å². The Bertz CT molecular complexity index is 395. The Labute approximate surface area is 105 Å². The van der Waals surface area contributed by atoms with E-state index in [1.807, 2.05) is 20.8 Å². The van der Waals surface area contributed by atoms with E-state index in [-0.39, 0.29) is 24.8 Å². The smallest absolute Gasteiger partial charge is 0.225 e. The lowest BCUT2D eigenvalue weighted by Crippen LogP contribution is -2.37. The summed E-state index contributed by atoms with van der Waals surface area (Å²) in [5.41, 5.74) is -0.443. The minimum atomic E-state index is -0.443. The largest absolute Gasteiger partial charge is 0.355 e. The third kappa shape index (κ3) is 4.89. The van der Waals surface area contributed by atoms with E-state index >= 15 is 0 Å². The molecule has 0 atom stereocenters. The minimum Gasteiger partial charge on any atom is -0.355 e. The second-order valence-corrected chi connectivity index (χ2v) is 4.86. The zero-order chi connectivity index (χ0) is 13.6. The molecule has 2 amide bonds. The summed E-state index contributed by atoms with van der Waals surface area (Å²) in [4.78, 5) is 22.9. The van der Waals surface area contributed by atoms with Crippen LogP contribution in [-0.4, -0.2) is 39.0 Å². The summed E-state index contributed by atoms with van der Waals surface area (Å²) >= 11 is 0. The van der Waals surface area contributed by atoms with Crippen molar-refractivity contribution in [2.75, 3.05) is 6.54 Å². The maximum Gasteiger partial charge on any atom is 0.225 e. The summed E-state index contributed by atoms with van der Waals surface area (Å²) in [6.45, 7) is 5.99. The molecule has 0 saturated heterocycles. The maximum absolute atomic E-state index is 11.5. The molecule has 0 unspecified atom stereocenters. The van der Waals surface area contributed by atoms with Crippen LogP contribution >= 0.6 is 0 Å². The van der Waals surface area contributed by atoms with Crippen molar-refractivity contribution < 1.29 is 9.59 Å². The van der Waals surface area contributed by atoms with Gasteiger partial charge in [-0.3, -0.25) is 9.59 Å². The summed E-state index contributed by atoms with van der Waals surface area (Å²) in [5, 5.41) is 18.4. The van der Waals surface area contributed by atoms with Crippen molar-refractivity contribution in [1.82, 2.24) is 31.3 Å². The molecular formula is C10H18N6O2. The van der Waals surface area contributed by atoms with Crippen molar-refractivity contribution in [2.45, 2.75) is 33.7 Å². The molecule has 0 saturated carbocycles. The molecule has 0 aliphatic heterocycles. The van der Waals surface area contributed by atoms with Gasteiger partial charge in [0.25, 0.3) is 0 Å². The van der Waals surface area contributed by atoms with Gasteiger partial charge in [0.2, 0.25) is 11.8 Å². The molecule has 8 heteroatoms. The van der Waals surface area contributed by atoms with E-state index < -0.39 is 5.41 Å². The first-order chi connectivity index (χ1) is 8.39. The van der Waals surface area contributed by atoms with E-state index in [9.17, 15) is 9.59 Å². The van der Waals surface area contributed by atoms with Crippen LogP contribution in [0.4, 0.5) is 0 Å². The first kappa shape index (κ1) is 14.1. The number of nitrogens with one attached hydrogen (secondary N) is 3. The van der Waals surface area contributed by atoms with Crippen LogP contribution in [0, 0.1) is 5.41 Å². The van der Waals surface area contributed by atoms with Crippen LogP contribution in [0.2, 0.25) is 0 Å². The minimum absolute atomic E-state index is 0.0755. The van der Waals surface area contributed by atoms with Gasteiger partial charge in [-0.25, -0.2) is 0 Å². The van der Waals surface area contributed by atoms with Gasteiger partial charge in [-0.1, -0.05) is 26.0 Å². The molecule has 8 nitrogen and oxygen atoms in total. The molecule has 0 radical (unpaired) electrons. The van der Waals surface area contributed by atoms with E-state index in [0.717, 1.165) is 0 Å². The van der Waals surface area contributed by atoms with Crippen molar-refractivity contribution in [3.63, 3.8) is 0 Å². The summed E-state index contributed by atoms with van der Waals surface area (Å²) in [7, 11) is 0. The maximum atomic E-state index is 11.5. The molecule has 1 heterocycles. The molecule has 0 fully saturated rings. The van der Waals surface area contributed by atoms with Gasteiger partial charge < -0.3 is 10.6 Å². The summed E-state index contributed by atoms with van der Waals surface area (Å²) < 4.78 is 0. The van der Waals surface area contributed by atoms with Crippen LogP contribution in [0.15, 0.2) is 0 Å². The molecule has 0 aliphatic rings. The highest BCUT2D eigenvalue weighted by atomic mass is 16.2. The number of hydrogen-bond acceptors (Lipinski definition) is 5. The molecule has 1 rings (SSSR count). The summed E-state index contributed by atoms with van der Waals surface area (Å²) in [5.74, 6) is 0.171. The van der Waals surface area contributed by atoms with Gasteiger partial charge in [0.1, 0.15) is 0 Å². The van der Waals surface area contributed by atoms with E-state index in [2.05, 4.69) is 31.3 Å². The second-order valence-electron chi connectivity index (χ2n) is 4.86. The SMILES string of the molecule is CC(C)(C)C(=O)NCCC(=O)NCc1nn[nH]n1. The zero-order valence-corrected chi connectivity index (χ0v) is 10.8. The molecule has 1 aromatic rings. The number of carbonyl (C=O) groups excluding carboxylic acids is 2. The van der Waals surface area contributed by atoms with E-state index in [1.54, 1.807) is 0 Å². The molecule has 0 bridgehead atoms. The fourth-order valence-corrected chi connectivity index (χ4v) is 1.08. The Morgan fingerprint density at radius 1 is 1.28 bits per heavy atom. The molecule has 0 aliphatic carbocycles. The van der Waals surface area contributed by atoms with E-state index in [4.69, 9.17) is 0 Å². The number of aromatic nitrogens is 4. The van der Waals surface area contributed by atoms with Crippen molar-refractivity contribution >= 4 is 11.8 Å². The van der Waals surface area contributed by atoms with Gasteiger partial charge in [0, 0.05) is 18.4 Å². The van der Waals surface area contributed by atoms with Gasteiger partial charge in [-0.2, -0.15) is 5.21 Å². The highest BCUT2D eigenvalue weighted by Gasteiger charge is 2.20. The standard InChI is InChI=1S/C10H18N6O2/c1-10(2,3)9(18)11-5-4-8(17)12-6-7-13-15-16-14-7/h4-6H2,1-3H3,(H,11,18)(H,12,17)(H,13,14,15,16). The quantitative estimate of drug-likeness (QED) is 0.647. The predicted molar refractivity (Wildman–Crippen MR) is 63.1 cm³/mol. The fourth-order valence-electron chi connectivity index (χ4n) is 1.08. The number of rotatable bonds is 5. The van der Waals surface area contributed by atoms with Crippen molar-refractivity contribution in [3.05, 3.63) is 5.82 Å². The molecule has 0 aromatic carbocycles. The van der Waals surface area contributed by atoms with Crippen LogP contribution in [-0.2, 0) is 16.1 Å². The first-order valence-electron chi connectivity index (χ1n) is 5.67. The van der Waals surface area contributed by atoms with Gasteiger partial charge in [0.15, 0.2) is 5.82 Å². The van der Waals surface area contributed by atoms with Gasteiger partial charge in [0.05, 0.1) is 6.54 Å². The van der Waals surface area contributed by atoms with Gasteiger partial charge in [-0.15, -0.1) is 10.2 Å². The normalized spacial score (nSPS) is 11.1. The lowest BCUT2D eigenvalue weighted by atomic mass is 9.96. The van der Waals surface area contributed by atoms with Crippen LogP contribution < -0.4 is 10.6 Å². The Morgan fingerprint density at radius 3 is 2.56 bits per heavy atom. The number of nitrogens with zero attached hydrogens (tertiary/aromatic N) is 3.